The minimum atomic E-state index is -3.65. The number of nitrogens with one attached hydrogen (secondary N) is 1. The van der Waals surface area contributed by atoms with Crippen LogP contribution in [0.1, 0.15) is 22.0 Å². The van der Waals surface area contributed by atoms with Crippen LogP contribution in [0, 0.1) is 5.82 Å². The summed E-state index contributed by atoms with van der Waals surface area (Å²) in [5, 5.41) is 4.68. The monoisotopic (exact) mass is 546 g/mol. The Hall–Kier alpha value is -4.31. The molecule has 200 valence electrons. The first-order valence-corrected chi connectivity index (χ1v) is 14.3. The fourth-order valence-electron chi connectivity index (χ4n) is 4.77. The molecule has 1 aliphatic rings. The van der Waals surface area contributed by atoms with E-state index in [1.807, 2.05) is 35.2 Å². The standard InChI is InChI=1S/C29H27FN4O4S/c1-39(37,38)26-18-24(30)9-10-25(26)33-13-15-34(16-14-33)29(36)27(21-5-3-2-4-6-21)32-28(35)22-8-7-20-11-12-31-19-23(20)17-22/h2-12,17-19,27H,13-16H2,1H3,(H,32,35). The normalized spacial score (nSPS) is 14.7. The molecule has 2 heterocycles. The molecule has 1 N–H and O–H groups in total. The van der Waals surface area contributed by atoms with Crippen molar-refractivity contribution in [3.63, 3.8) is 0 Å². The number of anilines is 1. The molecule has 0 bridgehead atoms. The maximum Gasteiger partial charge on any atom is 0.252 e. The van der Waals surface area contributed by atoms with Crippen LogP contribution in [0.15, 0.2) is 90.1 Å². The number of nitrogens with zero attached hydrogens (tertiary/aromatic N) is 3. The van der Waals surface area contributed by atoms with Crippen LogP contribution >= 0.6 is 0 Å². The van der Waals surface area contributed by atoms with Crippen LogP contribution in [-0.4, -0.2) is 62.6 Å². The highest BCUT2D eigenvalue weighted by Gasteiger charge is 2.31. The summed E-state index contributed by atoms with van der Waals surface area (Å²) in [6, 6.07) is 19.0. The van der Waals surface area contributed by atoms with Crippen LogP contribution in [0.2, 0.25) is 0 Å². The zero-order chi connectivity index (χ0) is 27.6. The zero-order valence-corrected chi connectivity index (χ0v) is 22.1. The molecule has 10 heteroatoms. The molecule has 3 aromatic carbocycles. The highest BCUT2D eigenvalue weighted by Crippen LogP contribution is 2.28. The summed E-state index contributed by atoms with van der Waals surface area (Å²) in [6.45, 7) is 1.32. The molecule has 0 saturated carbocycles. The van der Waals surface area contributed by atoms with E-state index in [2.05, 4.69) is 10.3 Å². The second kappa shape index (κ2) is 10.8. The molecule has 0 spiro atoms. The first-order chi connectivity index (χ1) is 18.7. The molecular weight excluding hydrogens is 519 g/mol. The first-order valence-electron chi connectivity index (χ1n) is 12.4. The van der Waals surface area contributed by atoms with Gasteiger partial charge in [-0.1, -0.05) is 36.4 Å². The van der Waals surface area contributed by atoms with E-state index < -0.39 is 21.7 Å². The van der Waals surface area contributed by atoms with Gasteiger partial charge in [0.25, 0.3) is 5.91 Å². The van der Waals surface area contributed by atoms with E-state index in [1.54, 1.807) is 41.6 Å². The fourth-order valence-corrected chi connectivity index (χ4v) is 5.67. The Morgan fingerprint density at radius 3 is 2.38 bits per heavy atom. The second-order valence-corrected chi connectivity index (χ2v) is 11.4. The van der Waals surface area contributed by atoms with Gasteiger partial charge in [-0.3, -0.25) is 14.6 Å². The number of fused-ring (bicyclic) bond motifs is 1. The quantitative estimate of drug-likeness (QED) is 0.397. The molecule has 8 nitrogen and oxygen atoms in total. The van der Waals surface area contributed by atoms with Gasteiger partial charge in [0.15, 0.2) is 9.84 Å². The number of rotatable bonds is 6. The topological polar surface area (TPSA) is 99.7 Å². The van der Waals surface area contributed by atoms with E-state index in [1.165, 1.54) is 12.1 Å². The van der Waals surface area contributed by atoms with E-state index in [0.29, 0.717) is 43.0 Å². The van der Waals surface area contributed by atoms with E-state index >= 15 is 0 Å². The number of carbonyl (C=O) groups is 2. The number of hydrogen-bond donors (Lipinski definition) is 1. The third kappa shape index (κ3) is 5.75. The molecule has 1 aromatic heterocycles. The van der Waals surface area contributed by atoms with Crippen LogP contribution in [0.4, 0.5) is 10.1 Å². The molecule has 1 fully saturated rings. The van der Waals surface area contributed by atoms with Crippen LogP contribution < -0.4 is 10.2 Å². The van der Waals surface area contributed by atoms with Gasteiger partial charge in [-0.15, -0.1) is 0 Å². The Kier molecular flexibility index (Phi) is 7.30. The highest BCUT2D eigenvalue weighted by molar-refractivity contribution is 7.90. The molecule has 1 saturated heterocycles. The third-order valence-corrected chi connectivity index (χ3v) is 7.94. The summed E-state index contributed by atoms with van der Waals surface area (Å²) < 4.78 is 38.3. The number of pyridine rings is 1. The summed E-state index contributed by atoms with van der Waals surface area (Å²) in [5.41, 5.74) is 1.47. The van der Waals surface area contributed by atoms with Gasteiger partial charge < -0.3 is 15.1 Å². The summed E-state index contributed by atoms with van der Waals surface area (Å²) >= 11 is 0. The number of sulfone groups is 1. The van der Waals surface area contributed by atoms with Crippen molar-refractivity contribution in [1.29, 1.82) is 0 Å². The average molecular weight is 547 g/mol. The molecule has 5 rings (SSSR count). The van der Waals surface area contributed by atoms with Gasteiger partial charge in [0.1, 0.15) is 11.9 Å². The smallest absolute Gasteiger partial charge is 0.252 e. The number of benzene rings is 3. The van der Waals surface area contributed by atoms with Gasteiger partial charge in [-0.2, -0.15) is 0 Å². The Morgan fingerprint density at radius 1 is 0.923 bits per heavy atom. The Balaban J connectivity index is 1.35. The lowest BCUT2D eigenvalue weighted by Crippen LogP contribution is -2.52. The number of hydrogen-bond acceptors (Lipinski definition) is 6. The van der Waals surface area contributed by atoms with Crippen molar-refractivity contribution in [2.75, 3.05) is 37.3 Å². The maximum atomic E-state index is 13.8. The second-order valence-electron chi connectivity index (χ2n) is 9.45. The van der Waals surface area contributed by atoms with Gasteiger partial charge in [0.05, 0.1) is 10.6 Å². The highest BCUT2D eigenvalue weighted by atomic mass is 32.2. The molecule has 4 aromatic rings. The van der Waals surface area contributed by atoms with Crippen LogP contribution in [-0.2, 0) is 14.6 Å². The lowest BCUT2D eigenvalue weighted by Gasteiger charge is -2.38. The molecule has 0 aliphatic carbocycles. The Bertz CT molecular complexity index is 1640. The van der Waals surface area contributed by atoms with E-state index in [9.17, 15) is 22.4 Å². The van der Waals surface area contributed by atoms with E-state index in [-0.39, 0.29) is 16.7 Å². The van der Waals surface area contributed by atoms with Crippen molar-refractivity contribution in [2.45, 2.75) is 10.9 Å². The molecular formula is C29H27FN4O4S. The summed E-state index contributed by atoms with van der Waals surface area (Å²) in [6.07, 6.45) is 4.41. The third-order valence-electron chi connectivity index (χ3n) is 6.81. The fraction of sp³-hybridized carbons (Fsp3) is 0.207. The number of piperazine rings is 1. The van der Waals surface area contributed by atoms with Gasteiger partial charge >= 0.3 is 0 Å². The predicted octanol–water partition coefficient (Wildman–Crippen LogP) is 3.60. The van der Waals surface area contributed by atoms with E-state index in [4.69, 9.17) is 0 Å². The average Bonchev–Trinajstić information content (AvgIpc) is 2.95. The maximum absolute atomic E-state index is 13.8. The van der Waals surface area contributed by atoms with Crippen LogP contribution in [0.25, 0.3) is 10.8 Å². The Morgan fingerprint density at radius 2 is 1.67 bits per heavy atom. The van der Waals surface area contributed by atoms with Crippen molar-refractivity contribution in [3.05, 3.63) is 102 Å². The number of amides is 2. The van der Waals surface area contributed by atoms with E-state index in [0.717, 1.165) is 23.1 Å². The van der Waals surface area contributed by atoms with Gasteiger partial charge in [-0.25, -0.2) is 12.8 Å². The molecule has 0 radical (unpaired) electrons. The molecule has 1 atom stereocenters. The molecule has 39 heavy (non-hydrogen) atoms. The largest absolute Gasteiger partial charge is 0.367 e. The van der Waals surface area contributed by atoms with Crippen molar-refractivity contribution < 1.29 is 22.4 Å². The minimum Gasteiger partial charge on any atom is -0.367 e. The first kappa shape index (κ1) is 26.3. The van der Waals surface area contributed by atoms with Crippen LogP contribution in [0.3, 0.4) is 0 Å². The zero-order valence-electron chi connectivity index (χ0n) is 21.2. The number of halogens is 1. The SMILES string of the molecule is CS(=O)(=O)c1cc(F)ccc1N1CCN(C(=O)C(NC(=O)c2ccc3ccncc3c2)c2ccccc2)CC1. The van der Waals surface area contributed by atoms with Crippen molar-refractivity contribution >= 4 is 38.1 Å². The van der Waals surface area contributed by atoms with Gasteiger partial charge in [0.2, 0.25) is 5.91 Å². The van der Waals surface area contributed by atoms with Crippen LogP contribution in [0.5, 0.6) is 0 Å². The lowest BCUT2D eigenvalue weighted by atomic mass is 10.0. The Labute approximate surface area is 226 Å². The van der Waals surface area contributed by atoms with Gasteiger partial charge in [-0.05, 0) is 47.3 Å². The summed E-state index contributed by atoms with van der Waals surface area (Å²) in [7, 11) is -3.65. The summed E-state index contributed by atoms with van der Waals surface area (Å²) in [5.74, 6) is -1.28. The predicted molar refractivity (Wildman–Crippen MR) is 147 cm³/mol. The van der Waals surface area contributed by atoms with Crippen molar-refractivity contribution in [3.8, 4) is 0 Å². The van der Waals surface area contributed by atoms with Crippen molar-refractivity contribution in [2.24, 2.45) is 0 Å². The molecule has 2 amide bonds. The minimum absolute atomic E-state index is 0.0812. The molecule has 1 aliphatic heterocycles. The van der Waals surface area contributed by atoms with Gasteiger partial charge in [0, 0.05) is 55.8 Å². The summed E-state index contributed by atoms with van der Waals surface area (Å²) in [4.78, 5) is 34.5. The number of aromatic nitrogens is 1. The number of carbonyl (C=O) groups excluding carboxylic acids is 2. The van der Waals surface area contributed by atoms with Crippen molar-refractivity contribution in [1.82, 2.24) is 15.2 Å². The lowest BCUT2D eigenvalue weighted by molar-refractivity contribution is -0.133. The molecule has 1 unspecified atom stereocenters.